The lowest BCUT2D eigenvalue weighted by Gasteiger charge is -2.45. The molecule has 0 bridgehead atoms. The van der Waals surface area contributed by atoms with E-state index in [0.717, 1.165) is 17.7 Å². The number of carbonyl (C=O) groups is 1. The Morgan fingerprint density at radius 1 is 1.28 bits per heavy atom. The summed E-state index contributed by atoms with van der Waals surface area (Å²) in [6.45, 7) is 1.84. The summed E-state index contributed by atoms with van der Waals surface area (Å²) in [4.78, 5) is 13.4. The summed E-state index contributed by atoms with van der Waals surface area (Å²) < 4.78 is 43.3. The summed E-state index contributed by atoms with van der Waals surface area (Å²) in [5.74, 6) is 5.30. The van der Waals surface area contributed by atoms with E-state index in [2.05, 4.69) is 17.2 Å². The van der Waals surface area contributed by atoms with Gasteiger partial charge < -0.3 is 5.32 Å². The third-order valence-corrected chi connectivity index (χ3v) is 5.30. The van der Waals surface area contributed by atoms with Crippen molar-refractivity contribution in [3.8, 4) is 11.8 Å². The smallest absolute Gasteiger partial charge is 0.307 e. The van der Waals surface area contributed by atoms with Crippen LogP contribution >= 0.6 is 11.6 Å². The number of hydrogen-bond acceptors (Lipinski definition) is 1. The number of anilines is 1. The second-order valence-corrected chi connectivity index (χ2v) is 7.68. The van der Waals surface area contributed by atoms with E-state index in [-0.39, 0.29) is 16.3 Å². The molecule has 1 aromatic carbocycles. The molecule has 4 rings (SSSR count). The molecule has 0 aromatic heterocycles. The first-order valence-electron chi connectivity index (χ1n) is 8.18. The number of nitrogens with zero attached hydrogens (tertiary/aromatic N) is 1. The van der Waals surface area contributed by atoms with Gasteiger partial charge in [0.2, 0.25) is 5.54 Å². The zero-order valence-corrected chi connectivity index (χ0v) is 14.3. The van der Waals surface area contributed by atoms with Gasteiger partial charge in [-0.25, -0.2) is 4.79 Å². The highest BCUT2D eigenvalue weighted by molar-refractivity contribution is 6.30. The van der Waals surface area contributed by atoms with E-state index in [4.69, 9.17) is 11.6 Å². The number of halogens is 4. The maximum Gasteiger partial charge on any atom is 0.427 e. The predicted octanol–water partition coefficient (Wildman–Crippen LogP) is 4.91. The van der Waals surface area contributed by atoms with Crippen LogP contribution in [0.3, 0.4) is 0 Å². The van der Waals surface area contributed by atoms with Crippen LogP contribution in [0.15, 0.2) is 18.2 Å². The van der Waals surface area contributed by atoms with E-state index >= 15 is 0 Å². The van der Waals surface area contributed by atoms with Gasteiger partial charge in [0, 0.05) is 27.7 Å². The molecule has 0 radical (unpaired) electrons. The van der Waals surface area contributed by atoms with Crippen molar-refractivity contribution in [1.29, 1.82) is 0 Å². The molecule has 3 nitrogen and oxygen atoms in total. The number of carbonyl (C=O) groups excluding carboxylic acids is 1. The van der Waals surface area contributed by atoms with Crippen LogP contribution in [0, 0.1) is 17.3 Å². The standard InChI is InChI=1S/C18H16ClF3N2O/c1-16(6-7-16)8-9-17(18(20,21)22)13-10-11(19)2-5-14(13)23-15(25)24(17)12-3-4-12/h2,5,10,12H,3-4,6-7H2,1H3,(H,23,25)/t17-/m0/s1. The lowest BCUT2D eigenvalue weighted by molar-refractivity contribution is -0.208. The highest BCUT2D eigenvalue weighted by Crippen LogP contribution is 2.53. The molecular formula is C18H16ClF3N2O. The maximum absolute atomic E-state index is 14.4. The number of hydrogen-bond donors (Lipinski definition) is 1. The second kappa shape index (κ2) is 5.07. The Bertz CT molecular complexity index is 818. The van der Waals surface area contributed by atoms with Crippen molar-refractivity contribution in [2.45, 2.75) is 50.4 Å². The fraction of sp³-hybridized carbons (Fsp3) is 0.500. The van der Waals surface area contributed by atoms with Crippen LogP contribution in [0.2, 0.25) is 5.02 Å². The van der Waals surface area contributed by atoms with Gasteiger partial charge in [-0.2, -0.15) is 13.2 Å². The number of urea groups is 1. The molecule has 7 heteroatoms. The third kappa shape index (κ3) is 2.56. The molecule has 0 spiro atoms. The Balaban J connectivity index is 2.00. The van der Waals surface area contributed by atoms with E-state index in [0.29, 0.717) is 12.8 Å². The number of nitrogens with one attached hydrogen (secondary N) is 1. The van der Waals surface area contributed by atoms with E-state index in [1.54, 1.807) is 0 Å². The largest absolute Gasteiger partial charge is 0.427 e. The Kier molecular flexibility index (Phi) is 3.37. The molecule has 2 amide bonds. The minimum atomic E-state index is -4.75. The number of rotatable bonds is 1. The minimum absolute atomic E-state index is 0.101. The van der Waals surface area contributed by atoms with Crippen LogP contribution < -0.4 is 5.32 Å². The van der Waals surface area contributed by atoms with Gasteiger partial charge >= 0.3 is 12.2 Å². The highest BCUT2D eigenvalue weighted by Gasteiger charge is 2.66. The van der Waals surface area contributed by atoms with Crippen LogP contribution in [-0.2, 0) is 5.54 Å². The fourth-order valence-corrected chi connectivity index (χ4v) is 3.37. The molecule has 132 valence electrons. The van der Waals surface area contributed by atoms with Crippen molar-refractivity contribution in [1.82, 2.24) is 4.90 Å². The highest BCUT2D eigenvalue weighted by atomic mass is 35.5. The zero-order chi connectivity index (χ0) is 18.0. The minimum Gasteiger partial charge on any atom is -0.307 e. The molecule has 1 atom stereocenters. The molecule has 3 aliphatic rings. The van der Waals surface area contributed by atoms with Gasteiger partial charge in [0.1, 0.15) is 0 Å². The van der Waals surface area contributed by atoms with Crippen LogP contribution in [0.4, 0.5) is 23.7 Å². The normalized spacial score (nSPS) is 27.1. The van der Waals surface area contributed by atoms with E-state index in [9.17, 15) is 18.0 Å². The molecule has 1 aromatic rings. The quantitative estimate of drug-likeness (QED) is 0.702. The predicted molar refractivity (Wildman–Crippen MR) is 88.2 cm³/mol. The van der Waals surface area contributed by atoms with Crippen molar-refractivity contribution in [3.63, 3.8) is 0 Å². The molecule has 2 saturated carbocycles. The lowest BCUT2D eigenvalue weighted by Crippen LogP contribution is -2.62. The van der Waals surface area contributed by atoms with Crippen molar-refractivity contribution in [2.75, 3.05) is 5.32 Å². The molecular weight excluding hydrogens is 353 g/mol. The number of benzene rings is 1. The Hall–Kier alpha value is -1.87. The number of amides is 2. The van der Waals surface area contributed by atoms with Gasteiger partial charge in [-0.15, -0.1) is 0 Å². The number of alkyl halides is 3. The van der Waals surface area contributed by atoms with Gasteiger partial charge in [0.05, 0.1) is 0 Å². The Labute approximate surface area is 148 Å². The van der Waals surface area contributed by atoms with Gasteiger partial charge in [-0.3, -0.25) is 4.90 Å². The molecule has 0 unspecified atom stereocenters. The molecule has 2 aliphatic carbocycles. The van der Waals surface area contributed by atoms with E-state index in [1.807, 2.05) is 6.92 Å². The molecule has 1 aliphatic heterocycles. The summed E-state index contributed by atoms with van der Waals surface area (Å²) in [7, 11) is 0. The van der Waals surface area contributed by atoms with Crippen LogP contribution in [0.5, 0.6) is 0 Å². The molecule has 25 heavy (non-hydrogen) atoms. The maximum atomic E-state index is 14.4. The Morgan fingerprint density at radius 3 is 2.52 bits per heavy atom. The fourth-order valence-electron chi connectivity index (χ4n) is 3.20. The third-order valence-electron chi connectivity index (χ3n) is 5.06. The topological polar surface area (TPSA) is 32.3 Å². The average molecular weight is 369 g/mol. The lowest BCUT2D eigenvalue weighted by atomic mass is 9.83. The zero-order valence-electron chi connectivity index (χ0n) is 13.5. The van der Waals surface area contributed by atoms with Crippen molar-refractivity contribution >= 4 is 23.3 Å². The van der Waals surface area contributed by atoms with Gasteiger partial charge in [0.15, 0.2) is 0 Å². The summed E-state index contributed by atoms with van der Waals surface area (Å²) >= 11 is 5.99. The van der Waals surface area contributed by atoms with Crippen molar-refractivity contribution < 1.29 is 18.0 Å². The van der Waals surface area contributed by atoms with Crippen LogP contribution in [0.25, 0.3) is 0 Å². The van der Waals surface area contributed by atoms with Crippen molar-refractivity contribution in [3.05, 3.63) is 28.8 Å². The first-order chi connectivity index (χ1) is 11.7. The molecule has 2 fully saturated rings. The van der Waals surface area contributed by atoms with E-state index < -0.39 is 29.2 Å². The van der Waals surface area contributed by atoms with Gasteiger partial charge in [-0.1, -0.05) is 23.4 Å². The average Bonchev–Trinajstić information content (AvgIpc) is 3.42. The molecule has 1 N–H and O–H groups in total. The first kappa shape index (κ1) is 16.6. The number of fused-ring (bicyclic) bond motifs is 1. The summed E-state index contributed by atoms with van der Waals surface area (Å²) in [5.41, 5.74) is -3.06. The van der Waals surface area contributed by atoms with E-state index in [1.165, 1.54) is 18.2 Å². The second-order valence-electron chi connectivity index (χ2n) is 7.24. The monoisotopic (exact) mass is 368 g/mol. The van der Waals surface area contributed by atoms with Crippen LogP contribution in [-0.4, -0.2) is 23.1 Å². The Morgan fingerprint density at radius 2 is 1.96 bits per heavy atom. The van der Waals surface area contributed by atoms with Crippen LogP contribution in [0.1, 0.15) is 38.2 Å². The summed E-state index contributed by atoms with van der Waals surface area (Å²) in [5, 5.41) is 2.74. The SMILES string of the molecule is CC1(C#C[C@@]2(C(F)(F)F)c3cc(Cl)ccc3NC(=O)N2C2CC2)CC1. The van der Waals surface area contributed by atoms with Gasteiger partial charge in [0.25, 0.3) is 0 Å². The summed E-state index contributed by atoms with van der Waals surface area (Å²) in [6.07, 6.45) is -2.12. The summed E-state index contributed by atoms with van der Waals surface area (Å²) in [6, 6.07) is 2.91. The molecule has 1 heterocycles. The van der Waals surface area contributed by atoms with Crippen molar-refractivity contribution in [2.24, 2.45) is 5.41 Å². The first-order valence-corrected chi connectivity index (χ1v) is 8.56. The van der Waals surface area contributed by atoms with Gasteiger partial charge in [-0.05, 0) is 50.8 Å². The molecule has 0 saturated heterocycles.